The normalized spacial score (nSPS) is 12.8. The highest BCUT2D eigenvalue weighted by Gasteiger charge is 2.24. The summed E-state index contributed by atoms with van der Waals surface area (Å²) >= 11 is 0. The Labute approximate surface area is 426 Å². The number of aromatic amines is 1. The predicted molar refractivity (Wildman–Crippen MR) is 316 cm³/mol. The van der Waals surface area contributed by atoms with E-state index < -0.39 is 0 Å². The molecule has 16 aromatic rings. The van der Waals surface area contributed by atoms with Crippen LogP contribution in [0.25, 0.3) is 158 Å². The molecule has 2 nitrogen and oxygen atoms in total. The minimum atomic E-state index is 1.03. The van der Waals surface area contributed by atoms with E-state index >= 15 is 0 Å². The van der Waals surface area contributed by atoms with Gasteiger partial charge in [-0.2, -0.15) is 0 Å². The van der Waals surface area contributed by atoms with Gasteiger partial charge < -0.3 is 9.55 Å². The number of aromatic nitrogens is 2. The molecule has 1 N–H and O–H groups in total. The Morgan fingerprint density at radius 1 is 0.284 bits per heavy atom. The lowest BCUT2D eigenvalue weighted by Crippen LogP contribution is -2.02. The first kappa shape index (κ1) is 40.1. The van der Waals surface area contributed by atoms with Crippen LogP contribution < -0.4 is 0 Å². The van der Waals surface area contributed by atoms with E-state index in [2.05, 4.69) is 246 Å². The van der Waals surface area contributed by atoms with Gasteiger partial charge in [-0.05, 0) is 170 Å². The standard InChI is InChI=1S/C72H44N2/c1-3-11-44(12-4-1)58-39-61-54-33-34-57-69-51-16-8-7-15-46(51)29-37-65(69)74(66-38-35-55(70(54)72(57)66)62(61)40-59(58)45-13-5-2-6-14-45)50-30-25-43(26-31-50)42-19-21-47(22-20-42)60-41-64-68(53-18-10-9-17-52(53)60)56-32-27-48-23-24-49-28-36-63(73-64)71(56)67(48)49/h1-27,29-35,37-41,73H,28,36H2. The maximum atomic E-state index is 3.97. The van der Waals surface area contributed by atoms with Crippen LogP contribution in [0.15, 0.2) is 237 Å². The highest BCUT2D eigenvalue weighted by atomic mass is 15.0. The van der Waals surface area contributed by atoms with Gasteiger partial charge in [-0.3, -0.25) is 0 Å². The second-order valence-corrected chi connectivity index (χ2v) is 20.7. The maximum absolute atomic E-state index is 3.97. The molecule has 14 aromatic carbocycles. The van der Waals surface area contributed by atoms with Crippen LogP contribution in [0.1, 0.15) is 11.3 Å². The molecule has 0 radical (unpaired) electrons. The summed E-state index contributed by atoms with van der Waals surface area (Å²) in [7, 11) is 0. The number of H-pyrrole nitrogens is 1. The summed E-state index contributed by atoms with van der Waals surface area (Å²) in [5.41, 5.74) is 17.4. The molecule has 2 heterocycles. The maximum Gasteiger partial charge on any atom is 0.0547 e. The molecule has 1 aliphatic carbocycles. The zero-order chi connectivity index (χ0) is 48.2. The number of nitrogens with zero attached hydrogens (tertiary/aromatic N) is 1. The number of hydrogen-bond acceptors (Lipinski definition) is 0. The lowest BCUT2D eigenvalue weighted by Gasteiger charge is -2.21. The van der Waals surface area contributed by atoms with Gasteiger partial charge in [-0.1, -0.05) is 194 Å². The van der Waals surface area contributed by atoms with Crippen LogP contribution in [0.2, 0.25) is 0 Å². The average Bonchev–Trinajstić information content (AvgIpc) is 4.06. The van der Waals surface area contributed by atoms with Gasteiger partial charge in [0.25, 0.3) is 0 Å². The summed E-state index contributed by atoms with van der Waals surface area (Å²) < 4.78 is 2.51. The van der Waals surface area contributed by atoms with Crippen molar-refractivity contribution in [1.82, 2.24) is 9.55 Å². The summed E-state index contributed by atoms with van der Waals surface area (Å²) in [5, 5.41) is 22.3. The fourth-order valence-corrected chi connectivity index (χ4v) is 13.6. The van der Waals surface area contributed by atoms with Crippen molar-refractivity contribution >= 4 is 108 Å². The molecule has 0 fully saturated rings. The number of fused-ring (bicyclic) bond motifs is 11. The molecule has 17 rings (SSSR count). The molecule has 0 atom stereocenters. The van der Waals surface area contributed by atoms with Crippen LogP contribution in [0.3, 0.4) is 0 Å². The van der Waals surface area contributed by atoms with Crippen molar-refractivity contribution in [2.45, 2.75) is 12.8 Å². The summed E-state index contributed by atoms with van der Waals surface area (Å²) in [6.07, 6.45) is 2.11. The van der Waals surface area contributed by atoms with Crippen molar-refractivity contribution in [1.29, 1.82) is 0 Å². The summed E-state index contributed by atoms with van der Waals surface area (Å²) in [6.45, 7) is 0. The van der Waals surface area contributed by atoms with Gasteiger partial charge in [0.05, 0.1) is 11.0 Å². The first-order valence-corrected chi connectivity index (χ1v) is 26.0. The summed E-state index contributed by atoms with van der Waals surface area (Å²) in [4.78, 5) is 3.97. The molecule has 0 unspecified atom stereocenters. The molecule has 0 amide bonds. The SMILES string of the molecule is c1ccc(-c2cc3c(cc2-c2ccccc2)c2ccc4c5c(ccc3c25)c2c3ccccc3ccc2n4-c2ccc(-c3ccc(-c4cc5[nH]c6c7c(ccc8ccc(c87)CC6)c5c5ccccc45)cc3)cc2)cc1. The van der Waals surface area contributed by atoms with E-state index in [0.717, 1.165) is 18.5 Å². The molecular formula is C72H44N2. The minimum Gasteiger partial charge on any atom is -0.358 e. The predicted octanol–water partition coefficient (Wildman–Crippen LogP) is 19.5. The van der Waals surface area contributed by atoms with Crippen molar-refractivity contribution in [3.05, 3.63) is 248 Å². The quantitative estimate of drug-likeness (QED) is 0.131. The Morgan fingerprint density at radius 3 is 1.55 bits per heavy atom. The Morgan fingerprint density at radius 2 is 0.811 bits per heavy atom. The highest BCUT2D eigenvalue weighted by molar-refractivity contribution is 6.39. The van der Waals surface area contributed by atoms with E-state index in [-0.39, 0.29) is 0 Å². The molecular weight excluding hydrogens is 893 g/mol. The van der Waals surface area contributed by atoms with Crippen molar-refractivity contribution in [2.24, 2.45) is 0 Å². The van der Waals surface area contributed by atoms with Crippen LogP contribution in [-0.4, -0.2) is 9.55 Å². The molecule has 0 aliphatic heterocycles. The lowest BCUT2D eigenvalue weighted by molar-refractivity contribution is 0.933. The van der Waals surface area contributed by atoms with Crippen molar-refractivity contribution in [3.8, 4) is 50.2 Å². The number of pyridine rings is 2. The van der Waals surface area contributed by atoms with E-state index in [9.17, 15) is 0 Å². The first-order valence-electron chi connectivity index (χ1n) is 26.0. The molecule has 2 heteroatoms. The third-order valence-corrected chi connectivity index (χ3v) is 16.9. The zero-order valence-electron chi connectivity index (χ0n) is 40.4. The molecule has 0 saturated carbocycles. The molecule has 2 aromatic heterocycles. The Hall–Kier alpha value is -9.50. The van der Waals surface area contributed by atoms with Crippen LogP contribution in [0.5, 0.6) is 0 Å². The van der Waals surface area contributed by atoms with Crippen molar-refractivity contribution in [2.75, 3.05) is 0 Å². The largest absolute Gasteiger partial charge is 0.358 e. The van der Waals surface area contributed by atoms with Crippen LogP contribution in [0, 0.1) is 0 Å². The second kappa shape index (κ2) is 15.0. The van der Waals surface area contributed by atoms with Gasteiger partial charge in [0.15, 0.2) is 0 Å². The van der Waals surface area contributed by atoms with E-state index in [1.807, 2.05) is 0 Å². The molecule has 0 saturated heterocycles. The highest BCUT2D eigenvalue weighted by Crippen LogP contribution is 2.49. The third-order valence-electron chi connectivity index (χ3n) is 16.9. The smallest absolute Gasteiger partial charge is 0.0547 e. The molecule has 0 spiro atoms. The number of aryl methyl sites for hydroxylation is 2. The van der Waals surface area contributed by atoms with Crippen molar-refractivity contribution < 1.29 is 0 Å². The number of hydrogen-bond donors (Lipinski definition) is 1. The van der Waals surface area contributed by atoms with E-state index in [1.54, 1.807) is 0 Å². The first-order chi connectivity index (χ1) is 36.7. The fraction of sp³-hybridized carbons (Fsp3) is 0.0278. The van der Waals surface area contributed by atoms with Gasteiger partial charge in [-0.15, -0.1) is 0 Å². The van der Waals surface area contributed by atoms with Crippen LogP contribution in [0.4, 0.5) is 0 Å². The zero-order valence-corrected chi connectivity index (χ0v) is 40.4. The topological polar surface area (TPSA) is 20.7 Å². The third kappa shape index (κ3) is 5.54. The monoisotopic (exact) mass is 936 g/mol. The molecule has 1 aliphatic rings. The number of nitrogens with one attached hydrogen (secondary N) is 1. The Kier molecular flexibility index (Phi) is 8.15. The van der Waals surface area contributed by atoms with Crippen LogP contribution >= 0.6 is 0 Å². The van der Waals surface area contributed by atoms with Crippen LogP contribution in [-0.2, 0) is 12.8 Å². The van der Waals surface area contributed by atoms with E-state index in [0.29, 0.717) is 0 Å². The fourth-order valence-electron chi connectivity index (χ4n) is 13.6. The summed E-state index contributed by atoms with van der Waals surface area (Å²) in [5.74, 6) is 0. The Bertz CT molecular complexity index is 4940. The van der Waals surface area contributed by atoms with Gasteiger partial charge in [0.2, 0.25) is 0 Å². The van der Waals surface area contributed by atoms with Gasteiger partial charge in [0, 0.05) is 43.8 Å². The minimum absolute atomic E-state index is 1.03. The van der Waals surface area contributed by atoms with E-state index in [1.165, 1.54) is 164 Å². The molecule has 342 valence electrons. The number of rotatable bonds is 5. The second-order valence-electron chi connectivity index (χ2n) is 20.7. The molecule has 0 bridgehead atoms. The van der Waals surface area contributed by atoms with Gasteiger partial charge in [-0.25, -0.2) is 0 Å². The van der Waals surface area contributed by atoms with Gasteiger partial charge in [0.1, 0.15) is 0 Å². The van der Waals surface area contributed by atoms with Gasteiger partial charge >= 0.3 is 0 Å². The Balaban J connectivity index is 0.819. The van der Waals surface area contributed by atoms with Crippen molar-refractivity contribution in [3.63, 3.8) is 0 Å². The average molecular weight is 937 g/mol. The number of benzene rings is 12. The van der Waals surface area contributed by atoms with E-state index in [4.69, 9.17) is 0 Å². The summed E-state index contributed by atoms with van der Waals surface area (Å²) in [6, 6.07) is 88.9. The lowest BCUT2D eigenvalue weighted by atomic mass is 9.88. The molecule has 74 heavy (non-hydrogen) atoms.